The van der Waals surface area contributed by atoms with Crippen LogP contribution in [-0.2, 0) is 11.3 Å². The number of amides is 1. The van der Waals surface area contributed by atoms with Crippen LogP contribution in [0.4, 0.5) is 10.7 Å². The van der Waals surface area contributed by atoms with Gasteiger partial charge in [-0.1, -0.05) is 50.5 Å². The lowest BCUT2D eigenvalue weighted by Crippen LogP contribution is -2.49. The Morgan fingerprint density at radius 2 is 1.77 bits per heavy atom. The fourth-order valence-electron chi connectivity index (χ4n) is 5.68. The van der Waals surface area contributed by atoms with Crippen molar-refractivity contribution in [1.82, 2.24) is 24.3 Å². The van der Waals surface area contributed by atoms with Crippen molar-refractivity contribution in [3.8, 4) is 11.1 Å². The van der Waals surface area contributed by atoms with Gasteiger partial charge in [-0.15, -0.1) is 0 Å². The van der Waals surface area contributed by atoms with E-state index in [1.807, 2.05) is 31.9 Å². The number of aromatic nitrogens is 3. The Hall–Kier alpha value is -3.13. The first kappa shape index (κ1) is 27.4. The second-order valence-corrected chi connectivity index (χ2v) is 12.0. The van der Waals surface area contributed by atoms with Crippen molar-refractivity contribution in [3.05, 3.63) is 42.2 Å². The number of nitrogens with one attached hydrogen (secondary N) is 1. The molecule has 0 unspecified atom stereocenters. The molecule has 39 heavy (non-hydrogen) atoms. The molecule has 2 aliphatic rings. The molecular weight excluding hydrogens is 488 g/mol. The van der Waals surface area contributed by atoms with E-state index in [9.17, 15) is 4.79 Å². The minimum Gasteiger partial charge on any atom is -0.444 e. The molecule has 1 N–H and O–H groups in total. The molecule has 2 fully saturated rings. The van der Waals surface area contributed by atoms with Crippen LogP contribution in [0.25, 0.3) is 22.2 Å². The first-order chi connectivity index (χ1) is 18.8. The molecule has 5 rings (SSSR count). The molecule has 8 heteroatoms. The van der Waals surface area contributed by atoms with Crippen LogP contribution in [0.15, 0.2) is 36.7 Å². The monoisotopic (exact) mass is 532 g/mol. The van der Waals surface area contributed by atoms with Crippen molar-refractivity contribution in [1.29, 1.82) is 0 Å². The predicted octanol–water partition coefficient (Wildman–Crippen LogP) is 6.48. The molecule has 1 saturated carbocycles. The number of nitrogens with zero attached hydrogens (tertiary/aromatic N) is 5. The van der Waals surface area contributed by atoms with E-state index in [-0.39, 0.29) is 6.09 Å². The number of hydrogen-bond donors (Lipinski definition) is 1. The summed E-state index contributed by atoms with van der Waals surface area (Å²) in [5.74, 6) is 0.716. The summed E-state index contributed by atoms with van der Waals surface area (Å²) in [5, 5.41) is 4.48. The van der Waals surface area contributed by atoms with Gasteiger partial charge in [0.25, 0.3) is 0 Å². The van der Waals surface area contributed by atoms with Gasteiger partial charge in [0, 0.05) is 68.7 Å². The summed E-state index contributed by atoms with van der Waals surface area (Å²) in [4.78, 5) is 26.2. The molecule has 210 valence electrons. The third kappa shape index (κ3) is 6.72. The first-order valence-corrected chi connectivity index (χ1v) is 14.7. The van der Waals surface area contributed by atoms with E-state index in [1.54, 1.807) is 0 Å². The zero-order valence-electron chi connectivity index (χ0n) is 24.1. The Morgan fingerprint density at radius 1 is 1.05 bits per heavy atom. The number of benzene rings is 1. The van der Waals surface area contributed by atoms with E-state index in [4.69, 9.17) is 9.72 Å². The number of ether oxygens (including phenoxy) is 1. The molecule has 1 aromatic carbocycles. The van der Waals surface area contributed by atoms with E-state index in [1.165, 1.54) is 48.8 Å². The summed E-state index contributed by atoms with van der Waals surface area (Å²) < 4.78 is 7.95. The van der Waals surface area contributed by atoms with Gasteiger partial charge >= 0.3 is 6.09 Å². The van der Waals surface area contributed by atoms with Gasteiger partial charge in [0.05, 0.1) is 0 Å². The van der Waals surface area contributed by atoms with Crippen LogP contribution in [0.5, 0.6) is 0 Å². The number of carbonyl (C=O) groups excluding carboxylic acids is 1. The fraction of sp³-hybridized carbons (Fsp3) is 0.581. The van der Waals surface area contributed by atoms with E-state index in [2.05, 4.69) is 57.2 Å². The highest BCUT2D eigenvalue weighted by Gasteiger charge is 2.26. The minimum atomic E-state index is -0.459. The lowest BCUT2D eigenvalue weighted by Gasteiger charge is -2.35. The van der Waals surface area contributed by atoms with Crippen LogP contribution in [0.2, 0.25) is 0 Å². The molecule has 1 saturated heterocycles. The third-order valence-electron chi connectivity index (χ3n) is 7.77. The zero-order valence-corrected chi connectivity index (χ0v) is 24.1. The number of rotatable bonds is 7. The quantitative estimate of drug-likeness (QED) is 0.375. The van der Waals surface area contributed by atoms with E-state index in [0.29, 0.717) is 25.1 Å². The Balaban J connectivity index is 1.29. The summed E-state index contributed by atoms with van der Waals surface area (Å²) in [5.41, 5.74) is 4.26. The average molecular weight is 533 g/mol. The molecule has 8 nitrogen and oxygen atoms in total. The molecule has 0 radical (unpaired) electrons. The van der Waals surface area contributed by atoms with Crippen molar-refractivity contribution in [2.24, 2.45) is 0 Å². The van der Waals surface area contributed by atoms with Crippen LogP contribution in [0.1, 0.15) is 77.8 Å². The summed E-state index contributed by atoms with van der Waals surface area (Å²) in [7, 11) is 0. The molecule has 1 amide bonds. The van der Waals surface area contributed by atoms with Gasteiger partial charge in [-0.05, 0) is 51.2 Å². The largest absolute Gasteiger partial charge is 0.444 e. The van der Waals surface area contributed by atoms with Gasteiger partial charge in [-0.3, -0.25) is 4.90 Å². The molecule has 2 aromatic heterocycles. The molecule has 0 spiro atoms. The van der Waals surface area contributed by atoms with Crippen molar-refractivity contribution in [3.63, 3.8) is 0 Å². The lowest BCUT2D eigenvalue weighted by molar-refractivity contribution is 0.0139. The second-order valence-electron chi connectivity index (χ2n) is 12.0. The normalized spacial score (nSPS) is 17.5. The maximum absolute atomic E-state index is 12.4. The maximum Gasteiger partial charge on any atom is 0.410 e. The van der Waals surface area contributed by atoms with Gasteiger partial charge in [-0.2, -0.15) is 4.98 Å². The van der Waals surface area contributed by atoms with Crippen molar-refractivity contribution in [2.45, 2.75) is 84.4 Å². The minimum absolute atomic E-state index is 0.212. The van der Waals surface area contributed by atoms with Gasteiger partial charge in [0.1, 0.15) is 11.2 Å². The van der Waals surface area contributed by atoms with E-state index < -0.39 is 5.60 Å². The van der Waals surface area contributed by atoms with Gasteiger partial charge in [0.2, 0.25) is 5.95 Å². The smallest absolute Gasteiger partial charge is 0.410 e. The first-order valence-electron chi connectivity index (χ1n) is 14.7. The molecular formula is C31H44N6O2. The third-order valence-corrected chi connectivity index (χ3v) is 7.77. The number of fused-ring (bicyclic) bond motifs is 1. The van der Waals surface area contributed by atoms with Crippen molar-refractivity contribution >= 4 is 23.1 Å². The van der Waals surface area contributed by atoms with Gasteiger partial charge in [0.15, 0.2) is 0 Å². The topological polar surface area (TPSA) is 75.5 Å². The maximum atomic E-state index is 12.4. The second kappa shape index (κ2) is 11.9. The SMILES string of the molecule is CCCNc1ncc2c(-c3ccc(CN4CCN(C(=O)OC(C)(C)C)CC4)cc3)cn(C3CCCCC3)c2n1. The zero-order chi connectivity index (χ0) is 27.4. The van der Waals surface area contributed by atoms with Crippen LogP contribution in [0.3, 0.4) is 0 Å². The Morgan fingerprint density at radius 3 is 2.44 bits per heavy atom. The van der Waals surface area contributed by atoms with E-state index in [0.717, 1.165) is 43.6 Å². The van der Waals surface area contributed by atoms with Crippen LogP contribution in [0, 0.1) is 0 Å². The van der Waals surface area contributed by atoms with E-state index >= 15 is 0 Å². The molecule has 0 atom stereocenters. The summed E-state index contributed by atoms with van der Waals surface area (Å²) in [6, 6.07) is 9.43. The highest BCUT2D eigenvalue weighted by Crippen LogP contribution is 2.36. The lowest BCUT2D eigenvalue weighted by atomic mass is 9.95. The van der Waals surface area contributed by atoms with Gasteiger partial charge < -0.3 is 19.5 Å². The Labute approximate surface area is 232 Å². The molecule has 3 aromatic rings. The number of hydrogen-bond acceptors (Lipinski definition) is 6. The van der Waals surface area contributed by atoms with Crippen molar-refractivity contribution in [2.75, 3.05) is 38.0 Å². The Kier molecular flexibility index (Phi) is 8.40. The van der Waals surface area contributed by atoms with Crippen molar-refractivity contribution < 1.29 is 9.53 Å². The number of piperazine rings is 1. The summed E-state index contributed by atoms with van der Waals surface area (Å²) in [6.45, 7) is 12.7. The summed E-state index contributed by atoms with van der Waals surface area (Å²) in [6.07, 6.45) is 11.5. The highest BCUT2D eigenvalue weighted by molar-refractivity contribution is 5.94. The van der Waals surface area contributed by atoms with Crippen LogP contribution >= 0.6 is 0 Å². The van der Waals surface area contributed by atoms with Gasteiger partial charge in [-0.25, -0.2) is 9.78 Å². The summed E-state index contributed by atoms with van der Waals surface area (Å²) >= 11 is 0. The highest BCUT2D eigenvalue weighted by atomic mass is 16.6. The average Bonchev–Trinajstić information content (AvgIpc) is 3.31. The fourth-order valence-corrected chi connectivity index (χ4v) is 5.68. The molecule has 1 aliphatic carbocycles. The predicted molar refractivity (Wildman–Crippen MR) is 157 cm³/mol. The Bertz CT molecular complexity index is 1250. The number of carbonyl (C=O) groups is 1. The van der Waals surface area contributed by atoms with Crippen LogP contribution in [-0.4, -0.2) is 68.8 Å². The number of anilines is 1. The standard InChI is InChI=1S/C31H44N6O2/c1-5-15-32-29-33-20-26-27(22-37(28(26)34-29)25-9-7-6-8-10-25)24-13-11-23(12-14-24)21-35-16-18-36(19-17-35)30(38)39-31(2,3)4/h11-14,20,22,25H,5-10,15-19,21H2,1-4H3,(H,32,33,34). The molecule has 1 aliphatic heterocycles. The van der Waals surface area contributed by atoms with Crippen LogP contribution < -0.4 is 5.32 Å². The molecule has 3 heterocycles. The molecule has 0 bridgehead atoms.